The summed E-state index contributed by atoms with van der Waals surface area (Å²) in [7, 11) is 0. The quantitative estimate of drug-likeness (QED) is 0.879. The second-order valence-electron chi connectivity index (χ2n) is 8.69. The number of rotatable bonds is 5. The molecule has 2 heterocycles. The zero-order valence-corrected chi connectivity index (χ0v) is 15.8. The summed E-state index contributed by atoms with van der Waals surface area (Å²) in [4.78, 5) is 14.9. The van der Waals surface area contributed by atoms with Gasteiger partial charge in [-0.25, -0.2) is 0 Å². The minimum absolute atomic E-state index is 0.262. The molecule has 4 heteroatoms. The molecule has 0 unspecified atom stereocenters. The summed E-state index contributed by atoms with van der Waals surface area (Å²) in [5.41, 5.74) is 1.92. The number of hydrogen-bond acceptors (Lipinski definition) is 3. The molecule has 2 saturated heterocycles. The third-order valence-electron chi connectivity index (χ3n) is 6.70. The van der Waals surface area contributed by atoms with Crippen LogP contribution in [-0.4, -0.2) is 43.2 Å². The van der Waals surface area contributed by atoms with Crippen molar-refractivity contribution < 1.29 is 9.53 Å². The average Bonchev–Trinajstić information content (AvgIpc) is 2.64. The largest absolute Gasteiger partial charge is 0.381 e. The van der Waals surface area contributed by atoms with E-state index >= 15 is 0 Å². The molecule has 0 radical (unpaired) electrons. The molecule has 2 aliphatic heterocycles. The third kappa shape index (κ3) is 4.47. The summed E-state index contributed by atoms with van der Waals surface area (Å²) in [6.07, 6.45) is 7.71. The van der Waals surface area contributed by atoms with Gasteiger partial charge in [-0.1, -0.05) is 30.3 Å². The maximum absolute atomic E-state index is 12.3. The molecule has 1 saturated carbocycles. The fraction of sp³-hybridized carbons (Fsp3) is 0.682. The highest BCUT2D eigenvalue weighted by Gasteiger charge is 2.46. The number of nitrogens with one attached hydrogen (secondary N) is 1. The Morgan fingerprint density at radius 2 is 1.81 bits per heavy atom. The van der Waals surface area contributed by atoms with E-state index in [9.17, 15) is 4.79 Å². The molecule has 0 bridgehead atoms. The molecule has 1 aromatic rings. The number of benzene rings is 1. The molecule has 1 spiro atoms. The number of likely N-dealkylation sites (tertiary alicyclic amines) is 1. The third-order valence-corrected chi connectivity index (χ3v) is 6.70. The van der Waals surface area contributed by atoms with Gasteiger partial charge in [-0.3, -0.25) is 9.69 Å². The number of carbonyl (C=O) groups excluding carboxylic acids is 1. The Balaban J connectivity index is 1.16. The van der Waals surface area contributed by atoms with Gasteiger partial charge in [0.2, 0.25) is 5.91 Å². The van der Waals surface area contributed by atoms with E-state index in [2.05, 4.69) is 40.5 Å². The SMILES string of the molecule is O=C(CC1CCOCC1)NC1CC2(CCN(Cc3ccccc3)CC2)C1. The first kappa shape index (κ1) is 18.0. The lowest BCUT2D eigenvalue weighted by atomic mass is 9.60. The van der Waals surface area contributed by atoms with Gasteiger partial charge in [0, 0.05) is 32.2 Å². The minimum Gasteiger partial charge on any atom is -0.381 e. The summed E-state index contributed by atoms with van der Waals surface area (Å²) in [5, 5.41) is 3.29. The van der Waals surface area contributed by atoms with E-state index in [1.807, 2.05) is 0 Å². The fourth-order valence-corrected chi connectivity index (χ4v) is 5.02. The highest BCUT2D eigenvalue weighted by molar-refractivity contribution is 5.76. The summed E-state index contributed by atoms with van der Waals surface area (Å²) in [6.45, 7) is 5.10. The predicted octanol–water partition coefficient (Wildman–Crippen LogP) is 3.36. The first-order chi connectivity index (χ1) is 12.7. The summed E-state index contributed by atoms with van der Waals surface area (Å²) in [5.74, 6) is 0.789. The Morgan fingerprint density at radius 1 is 1.12 bits per heavy atom. The van der Waals surface area contributed by atoms with Crippen molar-refractivity contribution in [2.75, 3.05) is 26.3 Å². The van der Waals surface area contributed by atoms with Crippen LogP contribution in [0.3, 0.4) is 0 Å². The van der Waals surface area contributed by atoms with Crippen molar-refractivity contribution in [1.82, 2.24) is 10.2 Å². The van der Waals surface area contributed by atoms with Crippen molar-refractivity contribution >= 4 is 5.91 Å². The van der Waals surface area contributed by atoms with Gasteiger partial charge in [0.25, 0.3) is 0 Å². The standard InChI is InChI=1S/C22H32N2O2/c25-21(14-18-6-12-26-13-7-18)23-20-15-22(16-20)8-10-24(11-9-22)17-19-4-2-1-3-5-19/h1-5,18,20H,6-17H2,(H,23,25). The van der Waals surface area contributed by atoms with Crippen molar-refractivity contribution in [1.29, 1.82) is 0 Å². The van der Waals surface area contributed by atoms with Crippen LogP contribution in [0, 0.1) is 11.3 Å². The van der Waals surface area contributed by atoms with Gasteiger partial charge in [0.15, 0.2) is 0 Å². The van der Waals surface area contributed by atoms with Crippen molar-refractivity contribution in [2.45, 2.75) is 57.5 Å². The maximum atomic E-state index is 12.3. The number of piperidine rings is 1. The van der Waals surface area contributed by atoms with Crippen LogP contribution in [0.15, 0.2) is 30.3 Å². The van der Waals surface area contributed by atoms with Gasteiger partial charge < -0.3 is 10.1 Å². The number of amides is 1. The van der Waals surface area contributed by atoms with Crippen LogP contribution < -0.4 is 5.32 Å². The fourth-order valence-electron chi connectivity index (χ4n) is 5.02. The van der Waals surface area contributed by atoms with Crippen molar-refractivity contribution in [3.8, 4) is 0 Å². The maximum Gasteiger partial charge on any atom is 0.220 e. The highest BCUT2D eigenvalue weighted by Crippen LogP contribution is 2.49. The van der Waals surface area contributed by atoms with E-state index in [0.29, 0.717) is 23.8 Å². The molecule has 3 fully saturated rings. The summed E-state index contributed by atoms with van der Waals surface area (Å²) in [6, 6.07) is 11.2. The minimum atomic E-state index is 0.262. The summed E-state index contributed by atoms with van der Waals surface area (Å²) < 4.78 is 5.38. The van der Waals surface area contributed by atoms with Crippen LogP contribution in [0.5, 0.6) is 0 Å². The monoisotopic (exact) mass is 356 g/mol. The topological polar surface area (TPSA) is 41.6 Å². The van der Waals surface area contributed by atoms with Crippen LogP contribution in [0.25, 0.3) is 0 Å². The first-order valence-electron chi connectivity index (χ1n) is 10.3. The second-order valence-corrected chi connectivity index (χ2v) is 8.69. The van der Waals surface area contributed by atoms with Crippen LogP contribution in [-0.2, 0) is 16.1 Å². The van der Waals surface area contributed by atoms with E-state index in [1.165, 1.54) is 44.3 Å². The van der Waals surface area contributed by atoms with Gasteiger partial charge >= 0.3 is 0 Å². The molecule has 0 atom stereocenters. The van der Waals surface area contributed by atoms with Gasteiger partial charge in [-0.2, -0.15) is 0 Å². The smallest absolute Gasteiger partial charge is 0.220 e. The number of hydrogen-bond donors (Lipinski definition) is 1. The highest BCUT2D eigenvalue weighted by atomic mass is 16.5. The van der Waals surface area contributed by atoms with E-state index in [1.54, 1.807) is 0 Å². The van der Waals surface area contributed by atoms with Crippen molar-refractivity contribution in [2.24, 2.45) is 11.3 Å². The zero-order chi connectivity index (χ0) is 17.8. The van der Waals surface area contributed by atoms with Crippen LogP contribution in [0.1, 0.15) is 50.5 Å². The normalized spacial score (nSPS) is 24.3. The number of nitrogens with zero attached hydrogens (tertiary/aromatic N) is 1. The average molecular weight is 357 g/mol. The molecular formula is C22H32N2O2. The molecule has 3 aliphatic rings. The van der Waals surface area contributed by atoms with Crippen molar-refractivity contribution in [3.63, 3.8) is 0 Å². The molecular weight excluding hydrogens is 324 g/mol. The van der Waals surface area contributed by atoms with E-state index in [4.69, 9.17) is 4.74 Å². The Morgan fingerprint density at radius 3 is 2.50 bits per heavy atom. The van der Waals surface area contributed by atoms with E-state index in [-0.39, 0.29) is 5.91 Å². The molecule has 4 nitrogen and oxygen atoms in total. The Hall–Kier alpha value is -1.39. The summed E-state index contributed by atoms with van der Waals surface area (Å²) >= 11 is 0. The van der Waals surface area contributed by atoms with E-state index in [0.717, 1.165) is 32.6 Å². The zero-order valence-electron chi connectivity index (χ0n) is 15.8. The Bertz CT molecular complexity index is 581. The first-order valence-corrected chi connectivity index (χ1v) is 10.3. The lowest BCUT2D eigenvalue weighted by Crippen LogP contribution is -2.54. The molecule has 0 aromatic heterocycles. The van der Waals surface area contributed by atoms with Crippen LogP contribution >= 0.6 is 0 Å². The Labute approximate surface area is 157 Å². The molecule has 1 aromatic carbocycles. The van der Waals surface area contributed by atoms with E-state index < -0.39 is 0 Å². The van der Waals surface area contributed by atoms with Gasteiger partial charge in [0.1, 0.15) is 0 Å². The molecule has 1 amide bonds. The second kappa shape index (κ2) is 8.10. The van der Waals surface area contributed by atoms with Gasteiger partial charge in [0.05, 0.1) is 0 Å². The van der Waals surface area contributed by atoms with Crippen molar-refractivity contribution in [3.05, 3.63) is 35.9 Å². The molecule has 1 N–H and O–H groups in total. The molecule has 1 aliphatic carbocycles. The number of ether oxygens (including phenoxy) is 1. The van der Waals surface area contributed by atoms with Gasteiger partial charge in [-0.15, -0.1) is 0 Å². The molecule has 142 valence electrons. The van der Waals surface area contributed by atoms with Gasteiger partial charge in [-0.05, 0) is 68.5 Å². The van der Waals surface area contributed by atoms with Crippen LogP contribution in [0.4, 0.5) is 0 Å². The van der Waals surface area contributed by atoms with Crippen LogP contribution in [0.2, 0.25) is 0 Å². The predicted molar refractivity (Wildman–Crippen MR) is 103 cm³/mol. The Kier molecular flexibility index (Phi) is 5.60. The molecule has 26 heavy (non-hydrogen) atoms. The number of carbonyl (C=O) groups is 1. The molecule has 4 rings (SSSR count). The lowest BCUT2D eigenvalue weighted by Gasteiger charge is -2.52. The lowest BCUT2D eigenvalue weighted by molar-refractivity contribution is -0.125.